The number of piperidine rings is 1. The molecule has 1 aliphatic heterocycles. The van der Waals surface area contributed by atoms with Crippen LogP contribution < -0.4 is 21.1 Å². The lowest BCUT2D eigenvalue weighted by Gasteiger charge is -2.32. The number of aromatic nitrogens is 4. The van der Waals surface area contributed by atoms with E-state index in [2.05, 4.69) is 19.9 Å². The molecule has 6 rings (SSSR count). The fourth-order valence-corrected chi connectivity index (χ4v) is 7.84. The number of nitrogens with one attached hydrogen (secondary N) is 2. The van der Waals surface area contributed by atoms with E-state index in [-0.39, 0.29) is 36.1 Å². The quantitative estimate of drug-likeness (QED) is 0.324. The number of rotatable bonds is 8. The van der Waals surface area contributed by atoms with E-state index in [1.807, 2.05) is 6.33 Å². The van der Waals surface area contributed by atoms with Gasteiger partial charge in [0.05, 0.1) is 11.2 Å². The molecule has 234 valence electrons. The maximum atomic E-state index is 13.2. The molecular weight excluding hydrogens is 585 g/mol. The van der Waals surface area contributed by atoms with Crippen LogP contribution in [0.4, 0.5) is 24.9 Å². The molecule has 1 aromatic carbocycles. The number of ether oxygens (including phenoxy) is 1. The van der Waals surface area contributed by atoms with E-state index in [4.69, 9.17) is 20.7 Å². The first-order valence-electron chi connectivity index (χ1n) is 14.9. The number of hydrogen-bond acceptors (Lipinski definition) is 9. The van der Waals surface area contributed by atoms with Crippen LogP contribution in [-0.4, -0.2) is 69.8 Å². The molecule has 0 bridgehead atoms. The van der Waals surface area contributed by atoms with Crippen molar-refractivity contribution in [2.24, 2.45) is 5.73 Å². The van der Waals surface area contributed by atoms with Crippen LogP contribution in [0, 0.1) is 0 Å². The molecule has 1 saturated heterocycles. The van der Waals surface area contributed by atoms with E-state index in [1.54, 1.807) is 0 Å². The van der Waals surface area contributed by atoms with E-state index >= 15 is 0 Å². The van der Waals surface area contributed by atoms with Gasteiger partial charge in [-0.3, -0.25) is 0 Å². The molecule has 43 heavy (non-hydrogen) atoms. The average molecular weight is 623 g/mol. The van der Waals surface area contributed by atoms with Crippen molar-refractivity contribution in [1.29, 1.82) is 0 Å². The van der Waals surface area contributed by atoms with E-state index in [1.165, 1.54) is 17.1 Å². The summed E-state index contributed by atoms with van der Waals surface area (Å²) in [5.41, 5.74) is 7.58. The summed E-state index contributed by atoms with van der Waals surface area (Å²) >= 11 is 0. The van der Waals surface area contributed by atoms with Gasteiger partial charge in [-0.1, -0.05) is 12.8 Å². The maximum Gasteiger partial charge on any atom is 0.573 e. The third-order valence-electron chi connectivity index (χ3n) is 8.73. The van der Waals surface area contributed by atoms with Crippen molar-refractivity contribution < 1.29 is 26.3 Å². The number of nitrogens with zero attached hydrogens (tertiary/aromatic N) is 5. The van der Waals surface area contributed by atoms with Gasteiger partial charge in [-0.2, -0.15) is 14.3 Å². The standard InChI is InChI=1S/C28H37F3N8O3S/c29-28(30,31)42-22-9-11-23(12-10-22)43(40,41)38-15-13-20(14-16-38)34-25-24-26(39(17-33-24)21-3-1-2-4-21)37-27(36-25)35-19-7-5-18(32)6-8-19/h9-12,17-21H,1-8,13-16,32H2,(H2,34,35,36,37)/t18-,19-. The second kappa shape index (κ2) is 12.1. The monoisotopic (exact) mass is 622 g/mol. The lowest BCUT2D eigenvalue weighted by molar-refractivity contribution is -0.274. The topological polar surface area (TPSA) is 140 Å². The SMILES string of the molecule is N[C@H]1CC[C@H](Nc2nc(NC3CCN(S(=O)(=O)c4ccc(OC(F)(F)F)cc4)CC3)c3ncn(C4CCCC4)c3n2)CC1. The Balaban J connectivity index is 1.16. The number of alkyl halides is 3. The molecular formula is C28H37F3N8O3S. The van der Waals surface area contributed by atoms with Crippen molar-refractivity contribution in [3.05, 3.63) is 30.6 Å². The molecule has 0 spiro atoms. The van der Waals surface area contributed by atoms with Crippen molar-refractivity contribution in [1.82, 2.24) is 23.8 Å². The van der Waals surface area contributed by atoms with Gasteiger partial charge in [-0.05, 0) is 75.6 Å². The molecule has 3 fully saturated rings. The van der Waals surface area contributed by atoms with Gasteiger partial charge in [0.1, 0.15) is 5.75 Å². The maximum absolute atomic E-state index is 13.2. The predicted octanol–water partition coefficient (Wildman–Crippen LogP) is 4.79. The van der Waals surface area contributed by atoms with Crippen LogP contribution in [0.3, 0.4) is 0 Å². The van der Waals surface area contributed by atoms with Gasteiger partial charge in [0.2, 0.25) is 16.0 Å². The number of fused-ring (bicyclic) bond motifs is 1. The highest BCUT2D eigenvalue weighted by Gasteiger charge is 2.33. The second-order valence-corrected chi connectivity index (χ2v) is 13.7. The normalized spacial score (nSPS) is 23.1. The van der Waals surface area contributed by atoms with Gasteiger partial charge < -0.3 is 25.7 Å². The van der Waals surface area contributed by atoms with Crippen LogP contribution in [0.15, 0.2) is 35.5 Å². The minimum Gasteiger partial charge on any atom is -0.406 e. The molecule has 4 N–H and O–H groups in total. The summed E-state index contributed by atoms with van der Waals surface area (Å²) in [5.74, 6) is 0.702. The van der Waals surface area contributed by atoms with E-state index in [0.717, 1.165) is 68.4 Å². The number of hydrogen-bond donors (Lipinski definition) is 3. The Morgan fingerprint density at radius 3 is 2.19 bits per heavy atom. The fourth-order valence-electron chi connectivity index (χ4n) is 6.37. The molecule has 2 aromatic heterocycles. The molecule has 3 aromatic rings. The van der Waals surface area contributed by atoms with Crippen LogP contribution in [0.1, 0.15) is 70.3 Å². The molecule has 0 radical (unpaired) electrons. The first-order valence-corrected chi connectivity index (χ1v) is 16.4. The van der Waals surface area contributed by atoms with Gasteiger partial charge in [-0.25, -0.2) is 13.4 Å². The molecule has 2 saturated carbocycles. The van der Waals surface area contributed by atoms with Crippen molar-refractivity contribution >= 4 is 33.0 Å². The summed E-state index contributed by atoms with van der Waals surface area (Å²) in [6, 6.07) is 5.07. The van der Waals surface area contributed by atoms with Crippen LogP contribution >= 0.6 is 0 Å². The number of imidazole rings is 1. The van der Waals surface area contributed by atoms with E-state index in [9.17, 15) is 21.6 Å². The van der Waals surface area contributed by atoms with Gasteiger partial charge in [0.15, 0.2) is 17.0 Å². The van der Waals surface area contributed by atoms with Crippen molar-refractivity contribution in [2.45, 2.75) is 99.6 Å². The number of sulfonamides is 1. The number of anilines is 2. The van der Waals surface area contributed by atoms with E-state index in [0.29, 0.717) is 36.2 Å². The van der Waals surface area contributed by atoms with Crippen LogP contribution in [0.25, 0.3) is 11.2 Å². The third-order valence-corrected chi connectivity index (χ3v) is 10.6. The number of nitrogens with two attached hydrogens (primary N) is 1. The lowest BCUT2D eigenvalue weighted by Crippen LogP contribution is -2.42. The zero-order chi connectivity index (χ0) is 30.2. The third kappa shape index (κ3) is 6.83. The van der Waals surface area contributed by atoms with E-state index < -0.39 is 22.1 Å². The highest BCUT2D eigenvalue weighted by molar-refractivity contribution is 7.89. The van der Waals surface area contributed by atoms with Crippen molar-refractivity contribution in [3.63, 3.8) is 0 Å². The Morgan fingerprint density at radius 2 is 1.53 bits per heavy atom. The zero-order valence-corrected chi connectivity index (χ0v) is 24.6. The van der Waals surface area contributed by atoms with Crippen LogP contribution in [-0.2, 0) is 10.0 Å². The molecule has 0 atom stereocenters. The van der Waals surface area contributed by atoms with Gasteiger partial charge in [-0.15, -0.1) is 13.2 Å². The predicted molar refractivity (Wildman–Crippen MR) is 155 cm³/mol. The Hall–Kier alpha value is -3.17. The Bertz CT molecular complexity index is 1510. The minimum absolute atomic E-state index is 0.0516. The molecule has 3 aliphatic rings. The highest BCUT2D eigenvalue weighted by atomic mass is 32.2. The van der Waals surface area contributed by atoms with Gasteiger partial charge in [0.25, 0.3) is 0 Å². The van der Waals surface area contributed by atoms with Crippen LogP contribution in [0.5, 0.6) is 5.75 Å². The zero-order valence-electron chi connectivity index (χ0n) is 23.8. The Kier molecular flexibility index (Phi) is 8.39. The van der Waals surface area contributed by atoms with Gasteiger partial charge in [0, 0.05) is 37.3 Å². The molecule has 11 nitrogen and oxygen atoms in total. The second-order valence-electron chi connectivity index (χ2n) is 11.8. The summed E-state index contributed by atoms with van der Waals surface area (Å²) < 4.78 is 71.2. The molecule has 2 aliphatic carbocycles. The van der Waals surface area contributed by atoms with Gasteiger partial charge >= 0.3 is 6.36 Å². The minimum atomic E-state index is -4.85. The Morgan fingerprint density at radius 1 is 0.884 bits per heavy atom. The van der Waals surface area contributed by atoms with Crippen molar-refractivity contribution in [3.8, 4) is 5.75 Å². The first kappa shape index (κ1) is 29.9. The van der Waals surface area contributed by atoms with Crippen LogP contribution in [0.2, 0.25) is 0 Å². The number of benzene rings is 1. The number of halogens is 3. The molecule has 0 unspecified atom stereocenters. The average Bonchev–Trinajstić information content (AvgIpc) is 3.65. The fraction of sp³-hybridized carbons (Fsp3) is 0.607. The van der Waals surface area contributed by atoms with Crippen molar-refractivity contribution in [2.75, 3.05) is 23.7 Å². The largest absolute Gasteiger partial charge is 0.573 e. The summed E-state index contributed by atoms with van der Waals surface area (Å²) in [5, 5.41) is 7.04. The highest BCUT2D eigenvalue weighted by Crippen LogP contribution is 2.34. The lowest BCUT2D eigenvalue weighted by atomic mass is 9.92. The summed E-state index contributed by atoms with van der Waals surface area (Å²) in [4.78, 5) is 14.3. The summed E-state index contributed by atoms with van der Waals surface area (Å²) in [6.45, 7) is 0.498. The molecule has 3 heterocycles. The summed E-state index contributed by atoms with van der Waals surface area (Å²) in [7, 11) is -3.88. The first-order chi connectivity index (χ1) is 20.5. The summed E-state index contributed by atoms with van der Waals surface area (Å²) in [6.07, 6.45) is 6.41. The Labute approximate surface area is 248 Å². The smallest absolute Gasteiger partial charge is 0.406 e. The molecule has 0 amide bonds. The molecule has 15 heteroatoms.